The molecule has 5 heteroatoms. The Bertz CT molecular complexity index is 411. The normalized spacial score (nSPS) is 21.0. The summed E-state index contributed by atoms with van der Waals surface area (Å²) >= 11 is 1.85. The van der Waals surface area contributed by atoms with Crippen molar-refractivity contribution in [3.8, 4) is 0 Å². The number of aliphatic imine (C=N–C) groups is 1. The molecule has 1 aliphatic carbocycles. The van der Waals surface area contributed by atoms with E-state index in [0.29, 0.717) is 6.04 Å². The molecule has 2 unspecified atom stereocenters. The lowest BCUT2D eigenvalue weighted by Gasteiger charge is -2.10. The molecule has 2 atom stereocenters. The van der Waals surface area contributed by atoms with Crippen LogP contribution in [0, 0.1) is 5.92 Å². The standard InChI is InChI=1S/C15H23N3S.HI/c1-3-16-15(18-14-11-12(14)2)17-9-10-19-13-7-5-4-6-8-13;/h4-8,12,14H,3,9-11H2,1-2H3,(H2,16,17,18);1H. The van der Waals surface area contributed by atoms with Gasteiger partial charge in [0.05, 0.1) is 6.54 Å². The van der Waals surface area contributed by atoms with Crippen molar-refractivity contribution in [3.05, 3.63) is 30.3 Å². The SMILES string of the molecule is CCNC(=NCCSc1ccccc1)NC1CC1C.I. The van der Waals surface area contributed by atoms with Crippen LogP contribution in [0.15, 0.2) is 40.2 Å². The molecule has 0 bridgehead atoms. The van der Waals surface area contributed by atoms with Gasteiger partial charge >= 0.3 is 0 Å². The van der Waals surface area contributed by atoms with Gasteiger partial charge in [0.2, 0.25) is 0 Å². The van der Waals surface area contributed by atoms with Gasteiger partial charge in [0.25, 0.3) is 0 Å². The maximum absolute atomic E-state index is 4.62. The quantitative estimate of drug-likeness (QED) is 0.251. The summed E-state index contributed by atoms with van der Waals surface area (Å²) in [6.07, 6.45) is 1.27. The Morgan fingerprint density at radius 2 is 2.05 bits per heavy atom. The summed E-state index contributed by atoms with van der Waals surface area (Å²) < 4.78 is 0. The number of guanidine groups is 1. The summed E-state index contributed by atoms with van der Waals surface area (Å²) in [5.74, 6) is 2.77. The maximum Gasteiger partial charge on any atom is 0.191 e. The molecule has 0 saturated heterocycles. The number of nitrogens with one attached hydrogen (secondary N) is 2. The van der Waals surface area contributed by atoms with Crippen LogP contribution in [0.5, 0.6) is 0 Å². The Kier molecular flexibility index (Phi) is 8.37. The minimum atomic E-state index is 0. The van der Waals surface area contributed by atoms with Gasteiger partial charge < -0.3 is 10.6 Å². The topological polar surface area (TPSA) is 36.4 Å². The molecule has 2 N–H and O–H groups in total. The number of hydrogen-bond acceptors (Lipinski definition) is 2. The van der Waals surface area contributed by atoms with Crippen LogP contribution in [0.3, 0.4) is 0 Å². The van der Waals surface area contributed by atoms with Crippen LogP contribution >= 0.6 is 35.7 Å². The van der Waals surface area contributed by atoms with Crippen molar-refractivity contribution < 1.29 is 0 Å². The maximum atomic E-state index is 4.62. The second kappa shape index (κ2) is 9.50. The first-order valence-electron chi connectivity index (χ1n) is 7.02. The third-order valence-corrected chi connectivity index (χ3v) is 4.14. The van der Waals surface area contributed by atoms with E-state index in [-0.39, 0.29) is 24.0 Å². The van der Waals surface area contributed by atoms with Crippen LogP contribution in [0.4, 0.5) is 0 Å². The third-order valence-electron chi connectivity index (χ3n) is 3.15. The first kappa shape index (κ1) is 17.6. The second-order valence-electron chi connectivity index (χ2n) is 4.89. The fourth-order valence-electron chi connectivity index (χ4n) is 1.86. The highest BCUT2D eigenvalue weighted by Gasteiger charge is 2.33. The highest BCUT2D eigenvalue weighted by molar-refractivity contribution is 14.0. The van der Waals surface area contributed by atoms with Crippen LogP contribution in [-0.2, 0) is 0 Å². The lowest BCUT2D eigenvalue weighted by Crippen LogP contribution is -2.39. The second-order valence-corrected chi connectivity index (χ2v) is 6.05. The predicted molar refractivity (Wildman–Crippen MR) is 99.3 cm³/mol. The Morgan fingerprint density at radius 1 is 1.35 bits per heavy atom. The molecule has 2 rings (SSSR count). The summed E-state index contributed by atoms with van der Waals surface area (Å²) in [5, 5.41) is 6.77. The number of halogens is 1. The van der Waals surface area contributed by atoms with Crippen molar-refractivity contribution in [1.82, 2.24) is 10.6 Å². The molecule has 3 nitrogen and oxygen atoms in total. The third kappa shape index (κ3) is 6.35. The van der Waals surface area contributed by atoms with E-state index in [9.17, 15) is 0 Å². The van der Waals surface area contributed by atoms with Gasteiger partial charge in [-0.25, -0.2) is 0 Å². The van der Waals surface area contributed by atoms with Crippen LogP contribution < -0.4 is 10.6 Å². The summed E-state index contributed by atoms with van der Waals surface area (Å²) in [5.41, 5.74) is 0. The van der Waals surface area contributed by atoms with Gasteiger partial charge in [-0.15, -0.1) is 35.7 Å². The molecule has 0 aromatic heterocycles. The molecule has 1 aromatic rings. The fraction of sp³-hybridized carbons (Fsp3) is 0.533. The first-order valence-corrected chi connectivity index (χ1v) is 8.01. The minimum Gasteiger partial charge on any atom is -0.357 e. The van der Waals surface area contributed by atoms with Crippen molar-refractivity contribution in [1.29, 1.82) is 0 Å². The largest absolute Gasteiger partial charge is 0.357 e. The molecule has 0 radical (unpaired) electrons. The van der Waals surface area contributed by atoms with E-state index in [4.69, 9.17) is 0 Å². The Labute approximate surface area is 143 Å². The fourth-order valence-corrected chi connectivity index (χ4v) is 2.62. The molecular formula is C15H24IN3S. The minimum absolute atomic E-state index is 0. The molecule has 1 fully saturated rings. The van der Waals surface area contributed by atoms with E-state index in [1.807, 2.05) is 17.8 Å². The molecule has 20 heavy (non-hydrogen) atoms. The average molecular weight is 405 g/mol. The lowest BCUT2D eigenvalue weighted by molar-refractivity contribution is 0.769. The Balaban J connectivity index is 0.00000200. The van der Waals surface area contributed by atoms with Gasteiger partial charge in [-0.05, 0) is 31.4 Å². The van der Waals surface area contributed by atoms with Crippen molar-refractivity contribution in [3.63, 3.8) is 0 Å². The monoisotopic (exact) mass is 405 g/mol. The molecule has 1 aromatic carbocycles. The van der Waals surface area contributed by atoms with Crippen molar-refractivity contribution in [2.45, 2.75) is 31.2 Å². The molecule has 1 saturated carbocycles. The van der Waals surface area contributed by atoms with Crippen LogP contribution in [-0.4, -0.2) is 30.8 Å². The molecule has 0 heterocycles. The first-order chi connectivity index (χ1) is 9.29. The average Bonchev–Trinajstić information content (AvgIpc) is 3.11. The summed E-state index contributed by atoms with van der Waals surface area (Å²) in [6.45, 7) is 6.13. The highest BCUT2D eigenvalue weighted by atomic mass is 127. The number of thioether (sulfide) groups is 1. The number of benzene rings is 1. The van der Waals surface area contributed by atoms with E-state index >= 15 is 0 Å². The van der Waals surface area contributed by atoms with Crippen molar-refractivity contribution in [2.24, 2.45) is 10.9 Å². The summed E-state index contributed by atoms with van der Waals surface area (Å²) in [6, 6.07) is 11.1. The van der Waals surface area contributed by atoms with E-state index in [2.05, 4.69) is 53.7 Å². The Hall–Kier alpha value is -0.430. The lowest BCUT2D eigenvalue weighted by atomic mass is 10.4. The zero-order valence-corrected chi connectivity index (χ0v) is 15.3. The van der Waals surface area contributed by atoms with Crippen LogP contribution in [0.25, 0.3) is 0 Å². The van der Waals surface area contributed by atoms with Gasteiger partial charge in [0, 0.05) is 23.2 Å². The van der Waals surface area contributed by atoms with Crippen molar-refractivity contribution in [2.75, 3.05) is 18.8 Å². The van der Waals surface area contributed by atoms with E-state index < -0.39 is 0 Å². The van der Waals surface area contributed by atoms with Gasteiger partial charge in [0.15, 0.2) is 5.96 Å². The highest BCUT2D eigenvalue weighted by Crippen LogP contribution is 2.28. The van der Waals surface area contributed by atoms with Crippen molar-refractivity contribution >= 4 is 41.7 Å². The van der Waals surface area contributed by atoms with Crippen LogP contribution in [0.2, 0.25) is 0 Å². The predicted octanol–water partition coefficient (Wildman–Crippen LogP) is 3.36. The smallest absolute Gasteiger partial charge is 0.191 e. The van der Waals surface area contributed by atoms with E-state index in [0.717, 1.165) is 30.7 Å². The molecule has 0 spiro atoms. The van der Waals surface area contributed by atoms with Gasteiger partial charge in [-0.2, -0.15) is 0 Å². The zero-order chi connectivity index (χ0) is 13.5. The van der Waals surface area contributed by atoms with Gasteiger partial charge in [0.1, 0.15) is 0 Å². The number of hydrogen-bond donors (Lipinski definition) is 2. The van der Waals surface area contributed by atoms with E-state index in [1.54, 1.807) is 0 Å². The molecule has 1 aliphatic rings. The molecule has 0 amide bonds. The van der Waals surface area contributed by atoms with Crippen LogP contribution in [0.1, 0.15) is 20.3 Å². The molecule has 112 valence electrons. The number of nitrogens with zero attached hydrogens (tertiary/aromatic N) is 1. The Morgan fingerprint density at radius 3 is 2.65 bits per heavy atom. The van der Waals surface area contributed by atoms with Gasteiger partial charge in [-0.3, -0.25) is 4.99 Å². The zero-order valence-electron chi connectivity index (χ0n) is 12.1. The summed E-state index contributed by atoms with van der Waals surface area (Å²) in [4.78, 5) is 5.93. The number of rotatable bonds is 6. The van der Waals surface area contributed by atoms with E-state index in [1.165, 1.54) is 11.3 Å². The summed E-state index contributed by atoms with van der Waals surface area (Å²) in [7, 11) is 0. The molecular weight excluding hydrogens is 381 g/mol. The van der Waals surface area contributed by atoms with Gasteiger partial charge in [-0.1, -0.05) is 25.1 Å². The molecule has 0 aliphatic heterocycles.